The van der Waals surface area contributed by atoms with Crippen molar-refractivity contribution in [2.75, 3.05) is 13.7 Å². The van der Waals surface area contributed by atoms with Crippen molar-refractivity contribution >= 4 is 0 Å². The molecule has 1 atom stereocenters. The minimum absolute atomic E-state index is 0.339. The molecular weight excluding hydrogens is 212 g/mol. The van der Waals surface area contributed by atoms with Gasteiger partial charge in [-0.3, -0.25) is 0 Å². The van der Waals surface area contributed by atoms with Crippen molar-refractivity contribution in [3.05, 3.63) is 23.9 Å². The maximum absolute atomic E-state index is 5.65. The Labute approximate surface area is 104 Å². The van der Waals surface area contributed by atoms with Gasteiger partial charge in [0.1, 0.15) is 0 Å². The van der Waals surface area contributed by atoms with Gasteiger partial charge in [0, 0.05) is 18.3 Å². The van der Waals surface area contributed by atoms with Crippen LogP contribution in [-0.4, -0.2) is 18.6 Å². The van der Waals surface area contributed by atoms with E-state index < -0.39 is 0 Å². The lowest BCUT2D eigenvalue weighted by Crippen LogP contribution is -2.15. The van der Waals surface area contributed by atoms with Gasteiger partial charge >= 0.3 is 0 Å². The van der Waals surface area contributed by atoms with Gasteiger partial charge in [0.25, 0.3) is 0 Å². The van der Waals surface area contributed by atoms with Crippen molar-refractivity contribution in [2.45, 2.75) is 38.6 Å². The third kappa shape index (κ3) is 3.43. The maximum Gasteiger partial charge on any atom is 0.213 e. The van der Waals surface area contributed by atoms with Crippen molar-refractivity contribution in [2.24, 2.45) is 5.92 Å². The Balaban J connectivity index is 1.76. The molecule has 0 aromatic carbocycles. The predicted molar refractivity (Wildman–Crippen MR) is 69.2 cm³/mol. The highest BCUT2D eigenvalue weighted by molar-refractivity contribution is 5.20. The summed E-state index contributed by atoms with van der Waals surface area (Å²) in [5, 5.41) is 3.19. The topological polar surface area (TPSA) is 34.1 Å². The first-order chi connectivity index (χ1) is 8.29. The number of nitrogens with zero attached hydrogens (tertiary/aromatic N) is 1. The average Bonchev–Trinajstić information content (AvgIpc) is 2.32. The number of ether oxygens (including phenoxy) is 1. The Bertz CT molecular complexity index is 333. The monoisotopic (exact) mass is 234 g/mol. The first-order valence-electron chi connectivity index (χ1n) is 6.55. The number of pyridine rings is 1. The van der Waals surface area contributed by atoms with E-state index in [2.05, 4.69) is 23.3 Å². The Morgan fingerprint density at radius 2 is 2.29 bits per heavy atom. The molecular formula is C14H22N2O. The zero-order chi connectivity index (χ0) is 12.1. The van der Waals surface area contributed by atoms with Crippen LogP contribution in [0.1, 0.15) is 44.2 Å². The second-order valence-electron chi connectivity index (χ2n) is 4.87. The molecule has 1 aromatic heterocycles. The van der Waals surface area contributed by atoms with Gasteiger partial charge < -0.3 is 10.1 Å². The van der Waals surface area contributed by atoms with Crippen LogP contribution in [0.25, 0.3) is 0 Å². The van der Waals surface area contributed by atoms with Crippen LogP contribution < -0.4 is 10.1 Å². The molecule has 3 nitrogen and oxygen atoms in total. The van der Waals surface area contributed by atoms with Crippen molar-refractivity contribution in [3.8, 4) is 5.88 Å². The molecule has 1 N–H and O–H groups in total. The number of hydrogen-bond donors (Lipinski definition) is 1. The van der Waals surface area contributed by atoms with Crippen LogP contribution in [0.2, 0.25) is 0 Å². The summed E-state index contributed by atoms with van der Waals surface area (Å²) in [6.07, 6.45) is 7.24. The van der Waals surface area contributed by atoms with E-state index in [1.165, 1.54) is 31.2 Å². The van der Waals surface area contributed by atoms with Crippen LogP contribution in [0.4, 0.5) is 0 Å². The summed E-state index contributed by atoms with van der Waals surface area (Å²) in [6.45, 7) is 2.92. The Hall–Kier alpha value is -1.09. The van der Waals surface area contributed by atoms with E-state index in [0.717, 1.165) is 18.4 Å². The van der Waals surface area contributed by atoms with Crippen LogP contribution >= 0.6 is 0 Å². The molecule has 1 saturated carbocycles. The number of rotatable bonds is 6. The quantitative estimate of drug-likeness (QED) is 0.821. The van der Waals surface area contributed by atoms with E-state index in [0.29, 0.717) is 6.04 Å². The molecule has 3 heteroatoms. The van der Waals surface area contributed by atoms with Crippen LogP contribution in [0.3, 0.4) is 0 Å². The zero-order valence-electron chi connectivity index (χ0n) is 10.8. The fourth-order valence-corrected chi connectivity index (χ4v) is 2.01. The molecule has 0 amide bonds. The van der Waals surface area contributed by atoms with Gasteiger partial charge in [0.2, 0.25) is 5.88 Å². The molecule has 0 saturated heterocycles. The van der Waals surface area contributed by atoms with Gasteiger partial charge in [-0.05, 0) is 31.9 Å². The minimum atomic E-state index is 0.339. The summed E-state index contributed by atoms with van der Waals surface area (Å²) in [6, 6.07) is 4.38. The van der Waals surface area contributed by atoms with Crippen LogP contribution in [0.5, 0.6) is 5.88 Å². The second kappa shape index (κ2) is 6.01. The van der Waals surface area contributed by atoms with E-state index >= 15 is 0 Å². The third-order valence-corrected chi connectivity index (χ3v) is 3.69. The van der Waals surface area contributed by atoms with Gasteiger partial charge in [-0.1, -0.05) is 25.3 Å². The van der Waals surface area contributed by atoms with Gasteiger partial charge in [0.15, 0.2) is 0 Å². The Kier molecular flexibility index (Phi) is 4.37. The van der Waals surface area contributed by atoms with E-state index in [1.807, 2.05) is 19.3 Å². The first-order valence-corrected chi connectivity index (χ1v) is 6.55. The summed E-state index contributed by atoms with van der Waals surface area (Å²) in [4.78, 5) is 4.33. The molecule has 1 unspecified atom stereocenters. The third-order valence-electron chi connectivity index (χ3n) is 3.69. The van der Waals surface area contributed by atoms with E-state index in [9.17, 15) is 0 Å². The Morgan fingerprint density at radius 3 is 2.82 bits per heavy atom. The fraction of sp³-hybridized carbons (Fsp3) is 0.643. The Morgan fingerprint density at radius 1 is 1.47 bits per heavy atom. The zero-order valence-corrected chi connectivity index (χ0v) is 10.8. The van der Waals surface area contributed by atoms with E-state index in [4.69, 9.17) is 4.74 Å². The molecule has 0 aliphatic heterocycles. The first kappa shape index (κ1) is 12.4. The number of hydrogen-bond acceptors (Lipinski definition) is 3. The lowest BCUT2D eigenvalue weighted by atomic mass is 9.83. The molecule has 17 heavy (non-hydrogen) atoms. The van der Waals surface area contributed by atoms with Gasteiger partial charge in [-0.2, -0.15) is 0 Å². The fourth-order valence-electron chi connectivity index (χ4n) is 2.01. The summed E-state index contributed by atoms with van der Waals surface area (Å²) < 4.78 is 5.65. The lowest BCUT2D eigenvalue weighted by Gasteiger charge is -2.24. The lowest BCUT2D eigenvalue weighted by molar-refractivity contribution is 0.217. The summed E-state index contributed by atoms with van der Waals surface area (Å²) >= 11 is 0. The molecule has 0 bridgehead atoms. The van der Waals surface area contributed by atoms with Crippen LogP contribution in [0, 0.1) is 5.92 Å². The highest BCUT2D eigenvalue weighted by Gasteiger charge is 2.16. The molecule has 1 aliphatic carbocycles. The molecule has 1 aromatic rings. The van der Waals surface area contributed by atoms with E-state index in [1.54, 1.807) is 0 Å². The van der Waals surface area contributed by atoms with Gasteiger partial charge in [-0.15, -0.1) is 0 Å². The van der Waals surface area contributed by atoms with Crippen molar-refractivity contribution in [1.29, 1.82) is 0 Å². The van der Waals surface area contributed by atoms with Gasteiger partial charge in [-0.25, -0.2) is 4.98 Å². The minimum Gasteiger partial charge on any atom is -0.478 e. The molecule has 1 fully saturated rings. The summed E-state index contributed by atoms with van der Waals surface area (Å²) in [5.41, 5.74) is 1.19. The summed E-state index contributed by atoms with van der Waals surface area (Å²) in [7, 11) is 1.95. The van der Waals surface area contributed by atoms with E-state index in [-0.39, 0.29) is 0 Å². The predicted octanol–water partition coefficient (Wildman–Crippen LogP) is 2.93. The molecule has 94 valence electrons. The second-order valence-corrected chi connectivity index (χ2v) is 4.87. The normalized spacial score (nSPS) is 17.5. The smallest absolute Gasteiger partial charge is 0.213 e. The number of aromatic nitrogens is 1. The molecule has 1 heterocycles. The van der Waals surface area contributed by atoms with Crippen molar-refractivity contribution < 1.29 is 4.74 Å². The SMILES string of the molecule is CNC(C)c1ccc(OCCC2CCC2)nc1. The van der Waals surface area contributed by atoms with Crippen molar-refractivity contribution in [1.82, 2.24) is 10.3 Å². The molecule has 0 spiro atoms. The number of nitrogens with one attached hydrogen (secondary N) is 1. The summed E-state index contributed by atoms with van der Waals surface area (Å²) in [5.74, 6) is 1.65. The van der Waals surface area contributed by atoms with Crippen molar-refractivity contribution in [3.63, 3.8) is 0 Å². The highest BCUT2D eigenvalue weighted by Crippen LogP contribution is 2.29. The average molecular weight is 234 g/mol. The highest BCUT2D eigenvalue weighted by atomic mass is 16.5. The molecule has 2 rings (SSSR count). The van der Waals surface area contributed by atoms with Crippen LogP contribution in [-0.2, 0) is 0 Å². The van der Waals surface area contributed by atoms with Crippen LogP contribution in [0.15, 0.2) is 18.3 Å². The molecule has 0 radical (unpaired) electrons. The molecule has 1 aliphatic rings. The largest absolute Gasteiger partial charge is 0.478 e. The van der Waals surface area contributed by atoms with Gasteiger partial charge in [0.05, 0.1) is 6.61 Å². The standard InChI is InChI=1S/C14H22N2O/c1-11(15-2)13-6-7-14(16-10-13)17-9-8-12-4-3-5-12/h6-7,10-12,15H,3-5,8-9H2,1-2H3. The maximum atomic E-state index is 5.65.